The summed E-state index contributed by atoms with van der Waals surface area (Å²) in [6.07, 6.45) is 2.11. The zero-order chi connectivity index (χ0) is 26.9. The monoisotopic (exact) mass is 511 g/mol. The molecule has 0 radical (unpaired) electrons. The number of ether oxygens (including phenoxy) is 4. The van der Waals surface area contributed by atoms with Gasteiger partial charge in [-0.25, -0.2) is 19.5 Å². The van der Waals surface area contributed by atoms with E-state index in [0.717, 1.165) is 15.7 Å². The van der Waals surface area contributed by atoms with Crippen LogP contribution in [-0.2, 0) is 14.3 Å². The minimum absolute atomic E-state index is 0.0108. The molecule has 1 aromatic carbocycles. The van der Waals surface area contributed by atoms with Crippen molar-refractivity contribution in [3.05, 3.63) is 43.1 Å². The van der Waals surface area contributed by atoms with E-state index in [9.17, 15) is 14.4 Å². The van der Waals surface area contributed by atoms with E-state index in [0.29, 0.717) is 18.1 Å². The van der Waals surface area contributed by atoms with Gasteiger partial charge in [-0.15, -0.1) is 6.58 Å². The summed E-state index contributed by atoms with van der Waals surface area (Å²) < 4.78 is 22.0. The molecule has 2 aromatic rings. The molecule has 4 unspecified atom stereocenters. The normalized spacial score (nSPS) is 22.8. The summed E-state index contributed by atoms with van der Waals surface area (Å²) >= 11 is 0. The van der Waals surface area contributed by atoms with Crippen LogP contribution < -0.4 is 9.47 Å². The lowest BCUT2D eigenvalue weighted by Gasteiger charge is -2.30. The highest BCUT2D eigenvalue weighted by molar-refractivity contribution is 5.97. The van der Waals surface area contributed by atoms with Crippen molar-refractivity contribution in [2.45, 2.75) is 57.4 Å². The second kappa shape index (κ2) is 10.3. The Hall–Kier alpha value is -3.82. The molecule has 1 aromatic heterocycles. The van der Waals surface area contributed by atoms with E-state index in [-0.39, 0.29) is 24.9 Å². The van der Waals surface area contributed by atoms with Crippen molar-refractivity contribution in [3.8, 4) is 11.6 Å². The number of hydrogen-bond donors (Lipinski definition) is 0. The Kier molecular flexibility index (Phi) is 7.29. The van der Waals surface area contributed by atoms with E-state index >= 15 is 0 Å². The van der Waals surface area contributed by atoms with Gasteiger partial charge in [-0.1, -0.05) is 6.08 Å². The Labute approximate surface area is 216 Å². The first kappa shape index (κ1) is 26.2. The molecule has 2 heterocycles. The molecule has 2 fully saturated rings. The van der Waals surface area contributed by atoms with E-state index in [4.69, 9.17) is 18.9 Å². The number of carbonyl (C=O) groups excluding carboxylic acids is 3. The molecule has 10 heteroatoms. The smallest absolute Gasteiger partial charge is 0.416 e. The molecule has 4 atom stereocenters. The van der Waals surface area contributed by atoms with Crippen LogP contribution in [0.4, 0.5) is 9.59 Å². The molecular weight excluding hydrogens is 478 g/mol. The Morgan fingerprint density at radius 3 is 2.54 bits per heavy atom. The molecule has 1 aliphatic heterocycles. The van der Waals surface area contributed by atoms with Gasteiger partial charge in [0, 0.05) is 18.0 Å². The van der Waals surface area contributed by atoms with Crippen LogP contribution in [0.3, 0.4) is 0 Å². The van der Waals surface area contributed by atoms with E-state index < -0.39 is 35.8 Å². The number of rotatable bonds is 6. The lowest BCUT2D eigenvalue weighted by Crippen LogP contribution is -2.51. The maximum atomic E-state index is 13.7. The Morgan fingerprint density at radius 2 is 1.92 bits per heavy atom. The number of hydrogen-bond acceptors (Lipinski definition) is 8. The summed E-state index contributed by atoms with van der Waals surface area (Å²) in [4.78, 5) is 46.2. The van der Waals surface area contributed by atoms with Crippen LogP contribution in [0.1, 0.15) is 33.6 Å². The lowest BCUT2D eigenvalue weighted by atomic mass is 10.1. The van der Waals surface area contributed by atoms with Gasteiger partial charge in [-0.3, -0.25) is 9.69 Å². The molecule has 37 heavy (non-hydrogen) atoms. The van der Waals surface area contributed by atoms with Crippen LogP contribution >= 0.6 is 0 Å². The minimum atomic E-state index is -0.972. The number of nitrogens with zero attached hydrogens (tertiary/aromatic N) is 3. The van der Waals surface area contributed by atoms with Gasteiger partial charge in [-0.2, -0.15) is 0 Å². The molecule has 198 valence electrons. The van der Waals surface area contributed by atoms with Crippen LogP contribution in [-0.4, -0.2) is 77.4 Å². The predicted octanol–water partition coefficient (Wildman–Crippen LogP) is 4.17. The van der Waals surface area contributed by atoms with Crippen molar-refractivity contribution in [2.75, 3.05) is 20.8 Å². The number of likely N-dealkylation sites (tertiary alicyclic amines) is 1. The maximum absolute atomic E-state index is 13.7. The standard InChI is InChI=1S/C27H33N3O7/c1-7-16-13-21(16)30(26(33)35-6)24(31)22-14-19(15-29(22)25(32)37-27(2,3)4)36-23-20-9-8-18(34-5)12-17(20)10-11-28-23/h7-12,16,19,21-22H,1,13-15H2,2-6H3. The summed E-state index contributed by atoms with van der Waals surface area (Å²) in [5.74, 6) is 0.534. The first-order chi connectivity index (χ1) is 17.6. The van der Waals surface area contributed by atoms with Crippen molar-refractivity contribution < 1.29 is 33.3 Å². The Balaban J connectivity index is 1.61. The molecule has 1 saturated carbocycles. The average Bonchev–Trinajstić information content (AvgIpc) is 3.50. The van der Waals surface area contributed by atoms with Gasteiger partial charge in [-0.05, 0) is 62.8 Å². The summed E-state index contributed by atoms with van der Waals surface area (Å²) in [6.45, 7) is 9.10. The third-order valence-electron chi connectivity index (χ3n) is 6.44. The SMILES string of the molecule is C=CC1CC1N(C(=O)OC)C(=O)C1CC(Oc2nccc3cc(OC)ccc23)CN1C(=O)OC(C)(C)C. The molecule has 0 spiro atoms. The number of imide groups is 1. The number of fused-ring (bicyclic) bond motifs is 1. The highest BCUT2D eigenvalue weighted by atomic mass is 16.6. The quantitative estimate of drug-likeness (QED) is 0.532. The van der Waals surface area contributed by atoms with Crippen molar-refractivity contribution in [2.24, 2.45) is 5.92 Å². The fourth-order valence-corrected chi connectivity index (χ4v) is 4.54. The number of aromatic nitrogens is 1. The van der Waals surface area contributed by atoms with Crippen molar-refractivity contribution in [1.29, 1.82) is 0 Å². The van der Waals surface area contributed by atoms with Crippen molar-refractivity contribution >= 4 is 28.9 Å². The largest absolute Gasteiger partial charge is 0.497 e. The molecule has 2 aliphatic rings. The molecule has 0 bridgehead atoms. The third-order valence-corrected chi connectivity index (χ3v) is 6.44. The highest BCUT2D eigenvalue weighted by Gasteiger charge is 2.51. The number of methoxy groups -OCH3 is 2. The van der Waals surface area contributed by atoms with Gasteiger partial charge in [0.25, 0.3) is 5.91 Å². The second-order valence-corrected chi connectivity index (χ2v) is 10.2. The van der Waals surface area contributed by atoms with E-state index in [1.54, 1.807) is 40.2 Å². The van der Waals surface area contributed by atoms with Gasteiger partial charge in [0.2, 0.25) is 5.88 Å². The van der Waals surface area contributed by atoms with Gasteiger partial charge in [0.1, 0.15) is 23.5 Å². The highest BCUT2D eigenvalue weighted by Crippen LogP contribution is 2.39. The van der Waals surface area contributed by atoms with Crippen LogP contribution in [0, 0.1) is 5.92 Å². The summed E-state index contributed by atoms with van der Waals surface area (Å²) in [6, 6.07) is 6.05. The van der Waals surface area contributed by atoms with Gasteiger partial charge >= 0.3 is 12.2 Å². The number of amides is 3. The topological polar surface area (TPSA) is 108 Å². The molecule has 3 amide bonds. The summed E-state index contributed by atoms with van der Waals surface area (Å²) in [7, 11) is 2.82. The van der Waals surface area contributed by atoms with Gasteiger partial charge in [0.15, 0.2) is 0 Å². The molecule has 1 aliphatic carbocycles. The second-order valence-electron chi connectivity index (χ2n) is 10.2. The van der Waals surface area contributed by atoms with Crippen LogP contribution in [0.15, 0.2) is 43.1 Å². The zero-order valence-corrected chi connectivity index (χ0v) is 21.8. The van der Waals surface area contributed by atoms with Gasteiger partial charge < -0.3 is 18.9 Å². The fourth-order valence-electron chi connectivity index (χ4n) is 4.54. The van der Waals surface area contributed by atoms with Crippen molar-refractivity contribution in [1.82, 2.24) is 14.8 Å². The molecule has 0 N–H and O–H groups in total. The maximum Gasteiger partial charge on any atom is 0.416 e. The number of pyridine rings is 1. The third kappa shape index (κ3) is 5.63. The average molecular weight is 512 g/mol. The fraction of sp³-hybridized carbons (Fsp3) is 0.481. The summed E-state index contributed by atoms with van der Waals surface area (Å²) in [5.41, 5.74) is -0.771. The van der Waals surface area contributed by atoms with Crippen LogP contribution in [0.25, 0.3) is 10.8 Å². The number of carbonyl (C=O) groups is 3. The zero-order valence-electron chi connectivity index (χ0n) is 21.8. The predicted molar refractivity (Wildman–Crippen MR) is 135 cm³/mol. The first-order valence-electron chi connectivity index (χ1n) is 12.2. The lowest BCUT2D eigenvalue weighted by molar-refractivity contribution is -0.134. The Bertz CT molecular complexity index is 1210. The van der Waals surface area contributed by atoms with E-state index in [1.807, 2.05) is 24.3 Å². The Morgan fingerprint density at radius 1 is 1.16 bits per heavy atom. The van der Waals surface area contributed by atoms with Crippen LogP contribution in [0.5, 0.6) is 11.6 Å². The van der Waals surface area contributed by atoms with Crippen LogP contribution in [0.2, 0.25) is 0 Å². The van der Waals surface area contributed by atoms with Crippen molar-refractivity contribution in [3.63, 3.8) is 0 Å². The molecule has 10 nitrogen and oxygen atoms in total. The van der Waals surface area contributed by atoms with E-state index in [1.165, 1.54) is 12.0 Å². The number of benzene rings is 1. The molecule has 1 saturated heterocycles. The minimum Gasteiger partial charge on any atom is -0.497 e. The van der Waals surface area contributed by atoms with E-state index in [2.05, 4.69) is 11.6 Å². The van der Waals surface area contributed by atoms with Gasteiger partial charge in [0.05, 0.1) is 26.8 Å². The first-order valence-corrected chi connectivity index (χ1v) is 12.2. The summed E-state index contributed by atoms with van der Waals surface area (Å²) in [5, 5.41) is 1.64. The molecular formula is C27H33N3O7. The molecule has 4 rings (SSSR count).